The Morgan fingerprint density at radius 2 is 1.51 bits per heavy atom. The Kier molecular flexibility index (Phi) is 10.4. The highest BCUT2D eigenvalue weighted by molar-refractivity contribution is 6.35. The fraction of sp³-hybridized carbons (Fsp3) is 0.194. The number of hydrogen-bond donors (Lipinski definition) is 0. The van der Waals surface area contributed by atoms with E-state index in [0.29, 0.717) is 58.4 Å². The van der Waals surface area contributed by atoms with E-state index in [-0.39, 0.29) is 12.5 Å². The van der Waals surface area contributed by atoms with Crippen molar-refractivity contribution in [2.24, 2.45) is 0 Å². The lowest BCUT2D eigenvalue weighted by molar-refractivity contribution is -0.134. The van der Waals surface area contributed by atoms with Crippen LogP contribution in [0.4, 0.5) is 0 Å². The van der Waals surface area contributed by atoms with Gasteiger partial charge >= 0.3 is 0 Å². The van der Waals surface area contributed by atoms with E-state index in [4.69, 9.17) is 49.0 Å². The molecule has 0 saturated heterocycles. The number of carbonyl (C=O) groups is 1. The second kappa shape index (κ2) is 14.1. The van der Waals surface area contributed by atoms with Crippen LogP contribution < -0.4 is 14.2 Å². The molecule has 0 atom stereocenters. The summed E-state index contributed by atoms with van der Waals surface area (Å²) in [5.41, 5.74) is 2.83. The van der Waals surface area contributed by atoms with Crippen LogP contribution in [0.15, 0.2) is 91.0 Å². The highest BCUT2D eigenvalue weighted by atomic mass is 35.5. The molecule has 4 rings (SSSR count). The minimum atomic E-state index is -0.169. The lowest BCUT2D eigenvalue weighted by atomic mass is 10.1. The van der Waals surface area contributed by atoms with E-state index in [1.165, 1.54) is 0 Å². The lowest BCUT2D eigenvalue weighted by Crippen LogP contribution is -2.36. The number of halogens is 3. The van der Waals surface area contributed by atoms with Gasteiger partial charge in [-0.25, -0.2) is 0 Å². The maximum absolute atomic E-state index is 13.3. The quantitative estimate of drug-likeness (QED) is 0.170. The van der Waals surface area contributed by atoms with Crippen LogP contribution in [0, 0.1) is 0 Å². The minimum absolute atomic E-state index is 0.122. The number of rotatable bonds is 12. The average molecular weight is 585 g/mol. The van der Waals surface area contributed by atoms with Crippen LogP contribution in [0.5, 0.6) is 17.2 Å². The highest BCUT2D eigenvalue weighted by Gasteiger charge is 2.17. The molecule has 39 heavy (non-hydrogen) atoms. The summed E-state index contributed by atoms with van der Waals surface area (Å²) in [6.07, 6.45) is 0.552. The first-order valence-corrected chi connectivity index (χ1v) is 13.5. The monoisotopic (exact) mass is 583 g/mol. The number of methoxy groups -OCH3 is 1. The van der Waals surface area contributed by atoms with Gasteiger partial charge in [-0.1, -0.05) is 77.3 Å². The summed E-state index contributed by atoms with van der Waals surface area (Å²) in [5.74, 6) is 1.61. The third-order valence-corrected chi connectivity index (χ3v) is 6.87. The van der Waals surface area contributed by atoms with E-state index in [1.807, 2.05) is 54.6 Å². The zero-order valence-electron chi connectivity index (χ0n) is 21.4. The van der Waals surface area contributed by atoms with Crippen molar-refractivity contribution in [3.05, 3.63) is 123 Å². The molecule has 0 unspecified atom stereocenters. The van der Waals surface area contributed by atoms with Crippen molar-refractivity contribution in [1.29, 1.82) is 0 Å². The molecule has 0 aliphatic heterocycles. The van der Waals surface area contributed by atoms with E-state index in [2.05, 4.69) is 0 Å². The lowest BCUT2D eigenvalue weighted by Gasteiger charge is -2.24. The first-order valence-electron chi connectivity index (χ1n) is 12.3. The third-order valence-electron chi connectivity index (χ3n) is 6.03. The van der Waals surface area contributed by atoms with Crippen LogP contribution in [-0.4, -0.2) is 31.1 Å². The molecular weight excluding hydrogens is 557 g/mol. The Morgan fingerprint density at radius 1 is 0.769 bits per heavy atom. The number of benzene rings is 4. The van der Waals surface area contributed by atoms with Gasteiger partial charge in [-0.2, -0.15) is 0 Å². The van der Waals surface area contributed by atoms with E-state index >= 15 is 0 Å². The van der Waals surface area contributed by atoms with Gasteiger partial charge in [0.25, 0.3) is 5.91 Å². The van der Waals surface area contributed by atoms with E-state index in [1.54, 1.807) is 48.4 Å². The molecule has 202 valence electrons. The molecule has 4 aromatic carbocycles. The molecular formula is C31H28Cl3NO4. The van der Waals surface area contributed by atoms with Gasteiger partial charge in [0, 0.05) is 28.2 Å². The predicted octanol–water partition coefficient (Wildman–Crippen LogP) is 7.88. The van der Waals surface area contributed by atoms with Gasteiger partial charge in [-0.3, -0.25) is 4.79 Å². The van der Waals surface area contributed by atoms with Crippen molar-refractivity contribution in [1.82, 2.24) is 4.90 Å². The topological polar surface area (TPSA) is 48.0 Å². The molecule has 0 N–H and O–H groups in total. The van der Waals surface area contributed by atoms with Gasteiger partial charge in [-0.15, -0.1) is 0 Å². The molecule has 0 heterocycles. The molecule has 0 aliphatic carbocycles. The van der Waals surface area contributed by atoms with E-state index in [9.17, 15) is 4.79 Å². The molecule has 5 nitrogen and oxygen atoms in total. The summed E-state index contributed by atoms with van der Waals surface area (Å²) < 4.78 is 17.3. The Morgan fingerprint density at radius 3 is 2.23 bits per heavy atom. The van der Waals surface area contributed by atoms with Crippen LogP contribution in [0.3, 0.4) is 0 Å². The maximum Gasteiger partial charge on any atom is 0.260 e. The molecule has 0 fully saturated rings. The third kappa shape index (κ3) is 8.56. The summed E-state index contributed by atoms with van der Waals surface area (Å²) in [6.45, 7) is 1.05. The van der Waals surface area contributed by atoms with Crippen LogP contribution in [0.1, 0.15) is 16.7 Å². The van der Waals surface area contributed by atoms with Gasteiger partial charge in [0.2, 0.25) is 0 Å². The Balaban J connectivity index is 1.50. The first-order chi connectivity index (χ1) is 18.9. The van der Waals surface area contributed by atoms with Crippen LogP contribution in [0.25, 0.3) is 0 Å². The molecule has 0 radical (unpaired) electrons. The minimum Gasteiger partial charge on any atom is -0.493 e. The summed E-state index contributed by atoms with van der Waals surface area (Å²) in [7, 11) is 1.60. The number of ether oxygens (including phenoxy) is 3. The first kappa shape index (κ1) is 28.6. The van der Waals surface area contributed by atoms with Crippen molar-refractivity contribution < 1.29 is 19.0 Å². The molecule has 0 bridgehead atoms. The smallest absolute Gasteiger partial charge is 0.260 e. The van der Waals surface area contributed by atoms with Crippen molar-refractivity contribution >= 4 is 40.7 Å². The van der Waals surface area contributed by atoms with Crippen LogP contribution in [0.2, 0.25) is 15.1 Å². The van der Waals surface area contributed by atoms with E-state index < -0.39 is 0 Å². The molecule has 0 aromatic heterocycles. The van der Waals surface area contributed by atoms with Crippen LogP contribution in [-0.2, 0) is 24.4 Å². The van der Waals surface area contributed by atoms with Gasteiger partial charge in [-0.05, 0) is 71.6 Å². The normalized spacial score (nSPS) is 10.7. The molecule has 8 heteroatoms. The van der Waals surface area contributed by atoms with Crippen molar-refractivity contribution in [2.45, 2.75) is 19.6 Å². The van der Waals surface area contributed by atoms with Crippen LogP contribution >= 0.6 is 34.8 Å². The predicted molar refractivity (Wildman–Crippen MR) is 156 cm³/mol. The molecule has 0 aliphatic rings. The Bertz CT molecular complexity index is 1380. The average Bonchev–Trinajstić information content (AvgIpc) is 2.95. The largest absolute Gasteiger partial charge is 0.493 e. The number of amides is 1. The summed E-state index contributed by atoms with van der Waals surface area (Å²) in [6, 6.07) is 27.8. The van der Waals surface area contributed by atoms with Gasteiger partial charge in [0.1, 0.15) is 12.4 Å². The van der Waals surface area contributed by atoms with Gasteiger partial charge in [0.05, 0.1) is 7.11 Å². The molecule has 4 aromatic rings. The molecule has 0 saturated carbocycles. The fourth-order valence-corrected chi connectivity index (χ4v) is 4.56. The summed E-state index contributed by atoms with van der Waals surface area (Å²) >= 11 is 18.4. The molecule has 0 spiro atoms. The highest BCUT2D eigenvalue weighted by Crippen LogP contribution is 2.30. The zero-order valence-corrected chi connectivity index (χ0v) is 23.7. The van der Waals surface area contributed by atoms with Gasteiger partial charge in [0.15, 0.2) is 18.1 Å². The Labute approximate surface area is 243 Å². The second-order valence-electron chi connectivity index (χ2n) is 8.80. The number of nitrogens with zero attached hydrogens (tertiary/aromatic N) is 1. The Hall–Kier alpha value is -3.38. The van der Waals surface area contributed by atoms with Gasteiger partial charge < -0.3 is 19.1 Å². The standard InChI is InChI=1S/C31H28Cl3NO4/c1-37-29-14-7-23(17-30(29)39-20-22-5-3-2-4-6-22)19-35(16-15-24-8-9-26(33)18-28(24)34)31(36)21-38-27-12-10-25(32)11-13-27/h2-14,17-18H,15-16,19-21H2,1H3. The van der Waals surface area contributed by atoms with Crippen molar-refractivity contribution in [3.63, 3.8) is 0 Å². The SMILES string of the molecule is COc1ccc(CN(CCc2ccc(Cl)cc2Cl)C(=O)COc2ccc(Cl)cc2)cc1OCc1ccccc1. The molecule has 1 amide bonds. The van der Waals surface area contributed by atoms with E-state index in [0.717, 1.165) is 16.7 Å². The second-order valence-corrected chi connectivity index (χ2v) is 10.1. The van der Waals surface area contributed by atoms with Crippen molar-refractivity contribution in [2.75, 3.05) is 20.3 Å². The zero-order chi connectivity index (χ0) is 27.6. The summed E-state index contributed by atoms with van der Waals surface area (Å²) in [5, 5.41) is 1.72. The van der Waals surface area contributed by atoms with Crippen molar-refractivity contribution in [3.8, 4) is 17.2 Å². The fourth-order valence-electron chi connectivity index (χ4n) is 3.93. The summed E-state index contributed by atoms with van der Waals surface area (Å²) in [4.78, 5) is 15.1. The number of hydrogen-bond acceptors (Lipinski definition) is 4. The maximum atomic E-state index is 13.3. The number of carbonyl (C=O) groups excluding carboxylic acids is 1.